The lowest BCUT2D eigenvalue weighted by Crippen LogP contribution is -1.96. The van der Waals surface area contributed by atoms with E-state index in [9.17, 15) is 5.26 Å². The van der Waals surface area contributed by atoms with Gasteiger partial charge in [-0.25, -0.2) is 0 Å². The van der Waals surface area contributed by atoms with E-state index in [-0.39, 0.29) is 0 Å². The van der Waals surface area contributed by atoms with Gasteiger partial charge in [0.1, 0.15) is 11.2 Å². The summed E-state index contributed by atoms with van der Waals surface area (Å²) in [6.45, 7) is 6.15. The van der Waals surface area contributed by atoms with E-state index in [1.807, 2.05) is 43.3 Å². The van der Waals surface area contributed by atoms with Gasteiger partial charge in [-0.1, -0.05) is 116 Å². The molecule has 0 amide bonds. The number of thiophene rings is 1. The molecule has 8 rings (SSSR count). The van der Waals surface area contributed by atoms with Gasteiger partial charge in [0.05, 0.1) is 11.6 Å². The van der Waals surface area contributed by atoms with Crippen molar-refractivity contribution in [3.05, 3.63) is 156 Å². The first-order chi connectivity index (χ1) is 23.2. The van der Waals surface area contributed by atoms with Gasteiger partial charge >= 0.3 is 0 Å². The van der Waals surface area contributed by atoms with E-state index < -0.39 is 0 Å². The molecule has 0 saturated heterocycles. The van der Waals surface area contributed by atoms with Gasteiger partial charge in [-0.3, -0.25) is 0 Å². The Morgan fingerprint density at radius 3 is 2.13 bits per heavy atom. The van der Waals surface area contributed by atoms with Crippen molar-refractivity contribution in [2.75, 3.05) is 0 Å². The predicted molar refractivity (Wildman–Crippen MR) is 200 cm³/mol. The van der Waals surface area contributed by atoms with Crippen LogP contribution in [0.25, 0.3) is 88.7 Å². The first-order valence-electron chi connectivity index (χ1n) is 15.6. The molecule has 2 nitrogen and oxygen atoms in total. The zero-order valence-corrected chi connectivity index (χ0v) is 26.6. The number of para-hydroxylation sites is 1. The summed E-state index contributed by atoms with van der Waals surface area (Å²) in [6.07, 6.45) is 6.20. The average molecular weight is 620 g/mol. The standard InChI is InChI=1S/C44H29NOS/c1-3-12-35-38-26-30(20-24-42(38)47-41(35)4-2)44-36(32-16-9-8-15-31(32)27-45)22-21-33(28-13-6-5-7-14-28)43(44)29-19-23-40-37(25-29)34-17-10-11-18-39(34)46-40/h3-26H,2H2,1H3/b12-3-. The van der Waals surface area contributed by atoms with Crippen LogP contribution in [0.4, 0.5) is 0 Å². The Hall–Kier alpha value is -5.95. The van der Waals surface area contributed by atoms with Crippen molar-refractivity contribution >= 4 is 55.5 Å². The Kier molecular flexibility index (Phi) is 7.14. The van der Waals surface area contributed by atoms with Gasteiger partial charge in [0.15, 0.2) is 0 Å². The van der Waals surface area contributed by atoms with E-state index >= 15 is 0 Å². The number of hydrogen-bond acceptors (Lipinski definition) is 3. The van der Waals surface area contributed by atoms with Crippen molar-refractivity contribution in [2.24, 2.45) is 0 Å². The molecule has 2 heterocycles. The van der Waals surface area contributed by atoms with Gasteiger partial charge in [-0.15, -0.1) is 11.3 Å². The van der Waals surface area contributed by atoms with E-state index in [1.165, 1.54) is 15.6 Å². The summed E-state index contributed by atoms with van der Waals surface area (Å²) >= 11 is 1.76. The van der Waals surface area contributed by atoms with Crippen LogP contribution in [0.3, 0.4) is 0 Å². The fourth-order valence-corrected chi connectivity index (χ4v) is 7.79. The number of benzene rings is 6. The number of fused-ring (bicyclic) bond motifs is 4. The molecular weight excluding hydrogens is 591 g/mol. The molecule has 0 spiro atoms. The van der Waals surface area contributed by atoms with Crippen LogP contribution < -0.4 is 0 Å². The SMILES string of the molecule is C=Cc1sc2ccc(-c3c(-c4ccccc4C#N)ccc(-c4ccccc4)c3-c3ccc4oc5ccccc5c4c3)cc2c1/C=C\C. The highest BCUT2D eigenvalue weighted by Crippen LogP contribution is 2.48. The van der Waals surface area contributed by atoms with Crippen molar-refractivity contribution in [1.82, 2.24) is 0 Å². The molecule has 2 aromatic heterocycles. The highest BCUT2D eigenvalue weighted by atomic mass is 32.1. The summed E-state index contributed by atoms with van der Waals surface area (Å²) in [7, 11) is 0. The summed E-state index contributed by atoms with van der Waals surface area (Å²) in [6, 6.07) is 46.8. The van der Waals surface area contributed by atoms with Crippen molar-refractivity contribution < 1.29 is 4.42 Å². The molecule has 0 atom stereocenters. The minimum atomic E-state index is 0.642. The topological polar surface area (TPSA) is 36.9 Å². The fourth-order valence-electron chi connectivity index (χ4n) is 6.76. The van der Waals surface area contributed by atoms with Gasteiger partial charge < -0.3 is 4.42 Å². The number of allylic oxidation sites excluding steroid dienone is 1. The van der Waals surface area contributed by atoms with E-state index in [0.29, 0.717) is 5.56 Å². The van der Waals surface area contributed by atoms with Crippen LogP contribution >= 0.6 is 11.3 Å². The third kappa shape index (κ3) is 4.79. The van der Waals surface area contributed by atoms with E-state index in [2.05, 4.69) is 122 Å². The highest BCUT2D eigenvalue weighted by Gasteiger charge is 2.22. The molecule has 0 aliphatic rings. The van der Waals surface area contributed by atoms with Crippen LogP contribution in [0.2, 0.25) is 0 Å². The third-order valence-electron chi connectivity index (χ3n) is 8.86. The predicted octanol–water partition coefficient (Wildman–Crippen LogP) is 13.0. The molecule has 0 radical (unpaired) electrons. The lowest BCUT2D eigenvalue weighted by atomic mass is 9.81. The number of hydrogen-bond donors (Lipinski definition) is 0. The largest absolute Gasteiger partial charge is 0.456 e. The molecule has 0 aliphatic heterocycles. The normalized spacial score (nSPS) is 11.5. The third-order valence-corrected chi connectivity index (χ3v) is 10.0. The summed E-state index contributed by atoms with van der Waals surface area (Å²) in [5.74, 6) is 0. The molecular formula is C44H29NOS. The summed E-state index contributed by atoms with van der Waals surface area (Å²) in [5.41, 5.74) is 12.1. The lowest BCUT2D eigenvalue weighted by Gasteiger charge is -2.21. The van der Waals surface area contributed by atoms with Crippen LogP contribution in [0.1, 0.15) is 22.9 Å². The Balaban J connectivity index is 1.53. The monoisotopic (exact) mass is 619 g/mol. The van der Waals surface area contributed by atoms with Crippen molar-refractivity contribution in [1.29, 1.82) is 5.26 Å². The molecule has 6 aromatic carbocycles. The quantitative estimate of drug-likeness (QED) is 0.186. The Bertz CT molecular complexity index is 2560. The Morgan fingerprint density at radius 1 is 0.638 bits per heavy atom. The van der Waals surface area contributed by atoms with E-state index in [0.717, 1.165) is 71.3 Å². The average Bonchev–Trinajstić information content (AvgIpc) is 3.68. The van der Waals surface area contributed by atoms with Crippen LogP contribution in [0, 0.1) is 11.3 Å². The molecule has 0 unspecified atom stereocenters. The van der Waals surface area contributed by atoms with Crippen molar-refractivity contribution in [2.45, 2.75) is 6.92 Å². The Labute approximate surface area is 277 Å². The zero-order chi connectivity index (χ0) is 31.9. The van der Waals surface area contributed by atoms with E-state index in [1.54, 1.807) is 11.3 Å². The van der Waals surface area contributed by atoms with Gasteiger partial charge in [-0.2, -0.15) is 5.26 Å². The lowest BCUT2D eigenvalue weighted by molar-refractivity contribution is 0.669. The first-order valence-corrected chi connectivity index (χ1v) is 16.5. The second kappa shape index (κ2) is 11.8. The van der Waals surface area contributed by atoms with Crippen LogP contribution in [0.15, 0.2) is 144 Å². The summed E-state index contributed by atoms with van der Waals surface area (Å²) in [5, 5.41) is 13.6. The van der Waals surface area contributed by atoms with Gasteiger partial charge in [-0.05, 0) is 87.8 Å². The van der Waals surface area contributed by atoms with Crippen molar-refractivity contribution in [3.8, 4) is 50.6 Å². The molecule has 0 bridgehead atoms. The second-order valence-electron chi connectivity index (χ2n) is 11.5. The van der Waals surface area contributed by atoms with Gasteiger partial charge in [0, 0.05) is 31.3 Å². The number of nitriles is 1. The molecule has 3 heteroatoms. The Morgan fingerprint density at radius 2 is 1.32 bits per heavy atom. The molecule has 0 aliphatic carbocycles. The number of furan rings is 1. The maximum atomic E-state index is 10.2. The summed E-state index contributed by atoms with van der Waals surface area (Å²) < 4.78 is 7.46. The van der Waals surface area contributed by atoms with E-state index in [4.69, 9.17) is 4.42 Å². The van der Waals surface area contributed by atoms with Crippen molar-refractivity contribution in [3.63, 3.8) is 0 Å². The highest BCUT2D eigenvalue weighted by molar-refractivity contribution is 7.20. The molecule has 0 fully saturated rings. The fraction of sp³-hybridized carbons (Fsp3) is 0.0227. The molecule has 0 saturated carbocycles. The molecule has 8 aromatic rings. The first kappa shape index (κ1) is 28.5. The minimum Gasteiger partial charge on any atom is -0.456 e. The second-order valence-corrected chi connectivity index (χ2v) is 12.6. The van der Waals surface area contributed by atoms with Gasteiger partial charge in [0.25, 0.3) is 0 Å². The smallest absolute Gasteiger partial charge is 0.135 e. The van der Waals surface area contributed by atoms with Crippen LogP contribution in [-0.4, -0.2) is 0 Å². The minimum absolute atomic E-state index is 0.642. The zero-order valence-electron chi connectivity index (χ0n) is 25.8. The number of rotatable bonds is 6. The van der Waals surface area contributed by atoms with Crippen LogP contribution in [0.5, 0.6) is 0 Å². The summed E-state index contributed by atoms with van der Waals surface area (Å²) in [4.78, 5) is 1.15. The molecule has 0 N–H and O–H groups in total. The van der Waals surface area contributed by atoms with Crippen LogP contribution in [-0.2, 0) is 0 Å². The molecule has 222 valence electrons. The number of nitrogens with zero attached hydrogens (tertiary/aromatic N) is 1. The maximum Gasteiger partial charge on any atom is 0.135 e. The maximum absolute atomic E-state index is 10.2. The van der Waals surface area contributed by atoms with Gasteiger partial charge in [0.2, 0.25) is 0 Å². The molecule has 47 heavy (non-hydrogen) atoms.